The van der Waals surface area contributed by atoms with Crippen LogP contribution in [0, 0.1) is 5.92 Å². The van der Waals surface area contributed by atoms with E-state index in [0.717, 1.165) is 5.56 Å². The predicted octanol–water partition coefficient (Wildman–Crippen LogP) is 1.24. The highest BCUT2D eigenvalue weighted by molar-refractivity contribution is 5.78. The lowest BCUT2D eigenvalue weighted by molar-refractivity contribution is -0.125. The van der Waals surface area contributed by atoms with Gasteiger partial charge >= 0.3 is 0 Å². The Labute approximate surface area is 96.3 Å². The van der Waals surface area contributed by atoms with Crippen molar-refractivity contribution in [3.63, 3.8) is 0 Å². The minimum absolute atomic E-state index is 0.0126. The minimum atomic E-state index is -0.0379. The standard InChI is InChI=1S/C12H19N3O/c1-9(5-6-13)12(16)15-10(2)11-4-3-7-14-8-11/h3-4,7-10H,5-6,13H2,1-2H3,(H,15,16)/t9?,10-/m1/s1. The molecule has 1 heterocycles. The molecule has 1 aromatic heterocycles. The fraction of sp³-hybridized carbons (Fsp3) is 0.500. The van der Waals surface area contributed by atoms with Crippen LogP contribution in [0.4, 0.5) is 0 Å². The maximum Gasteiger partial charge on any atom is 0.223 e. The van der Waals surface area contributed by atoms with Crippen LogP contribution in [0.5, 0.6) is 0 Å². The topological polar surface area (TPSA) is 68.0 Å². The van der Waals surface area contributed by atoms with E-state index in [1.54, 1.807) is 12.4 Å². The Kier molecular flexibility index (Phi) is 4.92. The molecule has 0 spiro atoms. The number of nitrogens with zero attached hydrogens (tertiary/aromatic N) is 1. The van der Waals surface area contributed by atoms with E-state index in [1.807, 2.05) is 26.0 Å². The van der Waals surface area contributed by atoms with E-state index >= 15 is 0 Å². The number of amides is 1. The lowest BCUT2D eigenvalue weighted by Gasteiger charge is -2.17. The fourth-order valence-electron chi connectivity index (χ4n) is 1.45. The van der Waals surface area contributed by atoms with Crippen molar-refractivity contribution in [3.8, 4) is 0 Å². The molecule has 88 valence electrons. The quantitative estimate of drug-likeness (QED) is 0.786. The Hall–Kier alpha value is -1.42. The molecular formula is C12H19N3O. The van der Waals surface area contributed by atoms with Crippen LogP contribution in [0.25, 0.3) is 0 Å². The van der Waals surface area contributed by atoms with Gasteiger partial charge in [0.1, 0.15) is 0 Å². The summed E-state index contributed by atoms with van der Waals surface area (Å²) in [5, 5.41) is 2.95. The van der Waals surface area contributed by atoms with Gasteiger partial charge in [-0.1, -0.05) is 13.0 Å². The molecule has 0 saturated carbocycles. The largest absolute Gasteiger partial charge is 0.349 e. The molecule has 1 unspecified atom stereocenters. The van der Waals surface area contributed by atoms with Gasteiger partial charge in [0, 0.05) is 18.3 Å². The third kappa shape index (κ3) is 3.62. The molecule has 2 atom stereocenters. The molecule has 1 aromatic rings. The first-order valence-corrected chi connectivity index (χ1v) is 5.55. The van der Waals surface area contributed by atoms with Gasteiger partial charge in [0.2, 0.25) is 5.91 Å². The highest BCUT2D eigenvalue weighted by Gasteiger charge is 2.15. The number of aromatic nitrogens is 1. The van der Waals surface area contributed by atoms with Gasteiger partial charge in [-0.3, -0.25) is 9.78 Å². The van der Waals surface area contributed by atoms with E-state index in [9.17, 15) is 4.79 Å². The van der Waals surface area contributed by atoms with Crippen molar-refractivity contribution >= 4 is 5.91 Å². The number of carbonyl (C=O) groups is 1. The number of hydrogen-bond donors (Lipinski definition) is 2. The second kappa shape index (κ2) is 6.23. The predicted molar refractivity (Wildman–Crippen MR) is 63.6 cm³/mol. The molecule has 0 aliphatic rings. The number of rotatable bonds is 5. The molecule has 0 saturated heterocycles. The van der Waals surface area contributed by atoms with Crippen LogP contribution in [0.3, 0.4) is 0 Å². The highest BCUT2D eigenvalue weighted by Crippen LogP contribution is 2.11. The summed E-state index contributed by atoms with van der Waals surface area (Å²) in [5.41, 5.74) is 6.43. The minimum Gasteiger partial charge on any atom is -0.349 e. The van der Waals surface area contributed by atoms with Crippen LogP contribution in [0.15, 0.2) is 24.5 Å². The average Bonchev–Trinajstić information content (AvgIpc) is 2.30. The van der Waals surface area contributed by atoms with E-state index in [2.05, 4.69) is 10.3 Å². The summed E-state index contributed by atoms with van der Waals surface area (Å²) in [6.45, 7) is 4.37. The van der Waals surface area contributed by atoms with Crippen LogP contribution >= 0.6 is 0 Å². The zero-order chi connectivity index (χ0) is 12.0. The van der Waals surface area contributed by atoms with Gasteiger partial charge in [0.05, 0.1) is 6.04 Å². The van der Waals surface area contributed by atoms with Gasteiger partial charge in [-0.2, -0.15) is 0 Å². The Bertz CT molecular complexity index is 326. The maximum atomic E-state index is 11.7. The molecule has 0 radical (unpaired) electrons. The van der Waals surface area contributed by atoms with Crippen molar-refractivity contribution in [3.05, 3.63) is 30.1 Å². The van der Waals surface area contributed by atoms with Gasteiger partial charge in [-0.25, -0.2) is 0 Å². The monoisotopic (exact) mass is 221 g/mol. The Morgan fingerprint density at radius 3 is 2.88 bits per heavy atom. The third-order valence-electron chi connectivity index (χ3n) is 2.59. The first-order chi connectivity index (χ1) is 7.65. The summed E-state index contributed by atoms with van der Waals surface area (Å²) >= 11 is 0. The van der Waals surface area contributed by atoms with Crippen LogP contribution in [-0.4, -0.2) is 17.4 Å². The third-order valence-corrected chi connectivity index (χ3v) is 2.59. The number of pyridine rings is 1. The maximum absolute atomic E-state index is 11.7. The van der Waals surface area contributed by atoms with Gasteiger partial charge in [-0.15, -0.1) is 0 Å². The first-order valence-electron chi connectivity index (χ1n) is 5.55. The number of carbonyl (C=O) groups excluding carboxylic acids is 1. The normalized spacial score (nSPS) is 14.2. The van der Waals surface area contributed by atoms with Crippen LogP contribution < -0.4 is 11.1 Å². The lowest BCUT2D eigenvalue weighted by atomic mass is 10.1. The Morgan fingerprint density at radius 1 is 1.56 bits per heavy atom. The zero-order valence-electron chi connectivity index (χ0n) is 9.81. The molecule has 0 aliphatic heterocycles. The highest BCUT2D eigenvalue weighted by atomic mass is 16.1. The SMILES string of the molecule is CC(CCN)C(=O)N[C@H](C)c1cccnc1. The van der Waals surface area contributed by atoms with E-state index in [4.69, 9.17) is 5.73 Å². The molecule has 4 nitrogen and oxygen atoms in total. The molecule has 0 bridgehead atoms. The smallest absolute Gasteiger partial charge is 0.223 e. The lowest BCUT2D eigenvalue weighted by Crippen LogP contribution is -2.32. The molecule has 0 aromatic carbocycles. The van der Waals surface area contributed by atoms with Crippen molar-refractivity contribution in [2.45, 2.75) is 26.3 Å². The summed E-state index contributed by atoms with van der Waals surface area (Å²) in [7, 11) is 0. The van der Waals surface area contributed by atoms with Crippen LogP contribution in [0.1, 0.15) is 31.9 Å². The van der Waals surface area contributed by atoms with E-state index in [1.165, 1.54) is 0 Å². The number of nitrogens with one attached hydrogen (secondary N) is 1. The summed E-state index contributed by atoms with van der Waals surface area (Å²) in [6.07, 6.45) is 4.19. The fourth-order valence-corrected chi connectivity index (χ4v) is 1.45. The Balaban J connectivity index is 2.51. The molecule has 0 aliphatic carbocycles. The van der Waals surface area contributed by atoms with Crippen LogP contribution in [-0.2, 0) is 4.79 Å². The van der Waals surface area contributed by atoms with Gasteiger partial charge in [0.25, 0.3) is 0 Å². The summed E-state index contributed by atoms with van der Waals surface area (Å²) < 4.78 is 0. The molecule has 3 N–H and O–H groups in total. The van der Waals surface area contributed by atoms with E-state index in [-0.39, 0.29) is 17.9 Å². The molecule has 16 heavy (non-hydrogen) atoms. The van der Waals surface area contributed by atoms with Crippen molar-refractivity contribution in [1.82, 2.24) is 10.3 Å². The van der Waals surface area contributed by atoms with E-state index in [0.29, 0.717) is 13.0 Å². The summed E-state index contributed by atoms with van der Waals surface area (Å²) in [4.78, 5) is 15.8. The molecular weight excluding hydrogens is 202 g/mol. The zero-order valence-corrected chi connectivity index (χ0v) is 9.81. The summed E-state index contributed by atoms with van der Waals surface area (Å²) in [5.74, 6) is 0.00549. The van der Waals surface area contributed by atoms with Gasteiger partial charge < -0.3 is 11.1 Å². The van der Waals surface area contributed by atoms with Gasteiger partial charge in [-0.05, 0) is 31.5 Å². The second-order valence-corrected chi connectivity index (χ2v) is 4.00. The van der Waals surface area contributed by atoms with E-state index < -0.39 is 0 Å². The Morgan fingerprint density at radius 2 is 2.31 bits per heavy atom. The number of hydrogen-bond acceptors (Lipinski definition) is 3. The van der Waals surface area contributed by atoms with Crippen molar-refractivity contribution in [2.75, 3.05) is 6.54 Å². The van der Waals surface area contributed by atoms with Crippen molar-refractivity contribution in [2.24, 2.45) is 11.7 Å². The van der Waals surface area contributed by atoms with Crippen molar-refractivity contribution in [1.29, 1.82) is 0 Å². The molecule has 4 heteroatoms. The average molecular weight is 221 g/mol. The number of nitrogens with two attached hydrogens (primary N) is 1. The molecule has 1 rings (SSSR count). The molecule has 0 fully saturated rings. The summed E-state index contributed by atoms with van der Waals surface area (Å²) in [6, 6.07) is 3.80. The second-order valence-electron chi connectivity index (χ2n) is 4.00. The van der Waals surface area contributed by atoms with Crippen molar-refractivity contribution < 1.29 is 4.79 Å². The van der Waals surface area contributed by atoms with Gasteiger partial charge in [0.15, 0.2) is 0 Å². The van der Waals surface area contributed by atoms with Crippen LogP contribution in [0.2, 0.25) is 0 Å². The molecule has 1 amide bonds. The first kappa shape index (κ1) is 12.6.